The van der Waals surface area contributed by atoms with Gasteiger partial charge in [-0.15, -0.1) is 10.2 Å². The highest BCUT2D eigenvalue weighted by Crippen LogP contribution is 2.19. The zero-order valence-electron chi connectivity index (χ0n) is 10.4. The number of hydrogen-bond acceptors (Lipinski definition) is 6. The van der Waals surface area contributed by atoms with E-state index in [1.807, 2.05) is 6.92 Å². The van der Waals surface area contributed by atoms with Crippen LogP contribution in [0.2, 0.25) is 0 Å². The molecule has 2 aromatic heterocycles. The Balaban J connectivity index is 2.38. The molecule has 0 aromatic carbocycles. The van der Waals surface area contributed by atoms with E-state index in [9.17, 15) is 4.79 Å². The lowest BCUT2D eigenvalue weighted by molar-refractivity contribution is 0.172. The molecular weight excluding hydrogens is 236 g/mol. The number of carbonyl (C=O) groups excluding carboxylic acids is 1. The Hall–Kier alpha value is -2.38. The van der Waals surface area contributed by atoms with Crippen molar-refractivity contribution >= 4 is 17.7 Å². The summed E-state index contributed by atoms with van der Waals surface area (Å²) in [6, 6.07) is 0. The van der Waals surface area contributed by atoms with Crippen LogP contribution < -0.4 is 10.1 Å². The molecule has 1 amide bonds. The molecule has 0 spiro atoms. The van der Waals surface area contributed by atoms with Crippen LogP contribution in [0.5, 0.6) is 5.75 Å². The third-order valence-electron chi connectivity index (χ3n) is 2.20. The number of hydrogen-bond donors (Lipinski definition) is 1. The van der Waals surface area contributed by atoms with Crippen LogP contribution in [0.15, 0.2) is 12.5 Å². The van der Waals surface area contributed by atoms with E-state index in [1.54, 1.807) is 18.5 Å². The van der Waals surface area contributed by atoms with E-state index in [4.69, 9.17) is 4.74 Å². The summed E-state index contributed by atoms with van der Waals surface area (Å²) >= 11 is 0. The summed E-state index contributed by atoms with van der Waals surface area (Å²) in [7, 11) is 3.20. The van der Waals surface area contributed by atoms with E-state index in [0.29, 0.717) is 11.6 Å². The molecule has 18 heavy (non-hydrogen) atoms. The van der Waals surface area contributed by atoms with Gasteiger partial charge in [-0.1, -0.05) is 0 Å². The van der Waals surface area contributed by atoms with E-state index in [0.717, 1.165) is 6.54 Å². The number of nitrogens with zero attached hydrogens (tertiary/aromatic N) is 5. The van der Waals surface area contributed by atoms with Gasteiger partial charge in [0.2, 0.25) is 11.6 Å². The minimum absolute atomic E-state index is 0.271. The normalized spacial score (nSPS) is 10.4. The third-order valence-corrected chi connectivity index (χ3v) is 2.20. The van der Waals surface area contributed by atoms with Crippen molar-refractivity contribution in [1.29, 1.82) is 0 Å². The van der Waals surface area contributed by atoms with E-state index in [-0.39, 0.29) is 5.75 Å². The molecule has 2 aromatic rings. The molecule has 0 fully saturated rings. The highest BCUT2D eigenvalue weighted by Gasteiger charge is 2.14. The molecule has 0 bridgehead atoms. The predicted octanol–water partition coefficient (Wildman–Crippen LogP) is 0.616. The van der Waals surface area contributed by atoms with Gasteiger partial charge in [-0.25, -0.2) is 14.2 Å². The maximum Gasteiger partial charge on any atom is 0.414 e. The summed E-state index contributed by atoms with van der Waals surface area (Å²) < 4.78 is 6.78. The number of fused-ring (bicyclic) bond motifs is 1. The van der Waals surface area contributed by atoms with Gasteiger partial charge < -0.3 is 15.0 Å². The molecular formula is C10H14N6O2. The Bertz CT molecular complexity index is 564. The van der Waals surface area contributed by atoms with Crippen LogP contribution in [0.4, 0.5) is 10.7 Å². The van der Waals surface area contributed by atoms with Crippen LogP contribution in [0.1, 0.15) is 6.92 Å². The van der Waals surface area contributed by atoms with Crippen LogP contribution in [-0.2, 0) is 0 Å². The quantitative estimate of drug-likeness (QED) is 0.859. The van der Waals surface area contributed by atoms with Crippen molar-refractivity contribution in [3.05, 3.63) is 12.5 Å². The molecule has 96 valence electrons. The Morgan fingerprint density at radius 1 is 1.56 bits per heavy atom. The van der Waals surface area contributed by atoms with Crippen molar-refractivity contribution in [1.82, 2.24) is 24.5 Å². The number of nitrogens with one attached hydrogen (secondary N) is 1. The lowest BCUT2D eigenvalue weighted by atomic mass is 10.5. The number of ether oxygens (including phenoxy) is 1. The lowest BCUT2D eigenvalue weighted by Crippen LogP contribution is -2.25. The van der Waals surface area contributed by atoms with E-state index in [2.05, 4.69) is 20.5 Å². The van der Waals surface area contributed by atoms with Crippen molar-refractivity contribution in [2.24, 2.45) is 0 Å². The predicted molar refractivity (Wildman–Crippen MR) is 64.7 cm³/mol. The number of carbonyl (C=O) groups is 1. The van der Waals surface area contributed by atoms with E-state index < -0.39 is 6.09 Å². The van der Waals surface area contributed by atoms with Gasteiger partial charge in [0.15, 0.2) is 5.75 Å². The van der Waals surface area contributed by atoms with Gasteiger partial charge in [0.05, 0.1) is 6.20 Å². The van der Waals surface area contributed by atoms with Crippen LogP contribution in [0, 0.1) is 0 Å². The minimum atomic E-state index is -0.488. The Morgan fingerprint density at radius 2 is 2.33 bits per heavy atom. The van der Waals surface area contributed by atoms with Gasteiger partial charge >= 0.3 is 6.09 Å². The maximum atomic E-state index is 11.5. The Kier molecular flexibility index (Phi) is 3.26. The molecule has 0 unspecified atom stereocenters. The summed E-state index contributed by atoms with van der Waals surface area (Å²) in [5.41, 5.74) is 0.441. The van der Waals surface area contributed by atoms with Crippen molar-refractivity contribution in [3.8, 4) is 5.75 Å². The largest absolute Gasteiger partial charge is 0.414 e. The molecule has 2 rings (SSSR count). The topological polar surface area (TPSA) is 84.7 Å². The van der Waals surface area contributed by atoms with Gasteiger partial charge in [-0.2, -0.15) is 0 Å². The third kappa shape index (κ3) is 2.17. The summed E-state index contributed by atoms with van der Waals surface area (Å²) in [4.78, 5) is 17.0. The molecule has 0 atom stereocenters. The Labute approximate surface area is 104 Å². The van der Waals surface area contributed by atoms with Crippen LogP contribution in [0.25, 0.3) is 5.65 Å². The standard InChI is InChI=1S/C10H14N6O2/c1-4-11-9-12-5-7(18-10(17)15(2)3)8-14-13-6-16(8)9/h5-6H,4H2,1-3H3,(H,11,12). The van der Waals surface area contributed by atoms with E-state index in [1.165, 1.54) is 17.4 Å². The summed E-state index contributed by atoms with van der Waals surface area (Å²) in [5.74, 6) is 0.870. The summed E-state index contributed by atoms with van der Waals surface area (Å²) in [6.45, 7) is 2.68. The molecule has 0 saturated carbocycles. The first-order chi connectivity index (χ1) is 8.63. The second kappa shape index (κ2) is 4.86. The van der Waals surface area contributed by atoms with Gasteiger partial charge in [0.25, 0.3) is 0 Å². The molecule has 8 nitrogen and oxygen atoms in total. The fraction of sp³-hybridized carbons (Fsp3) is 0.400. The molecule has 1 N–H and O–H groups in total. The number of aromatic nitrogens is 4. The summed E-state index contributed by atoms with van der Waals surface area (Å²) in [5, 5.41) is 10.8. The molecule has 2 heterocycles. The van der Waals surface area contributed by atoms with Crippen LogP contribution >= 0.6 is 0 Å². The average Bonchev–Trinajstić information content (AvgIpc) is 2.81. The fourth-order valence-corrected chi connectivity index (χ4v) is 1.34. The second-order valence-electron chi connectivity index (χ2n) is 3.76. The summed E-state index contributed by atoms with van der Waals surface area (Å²) in [6.07, 6.45) is 2.47. The lowest BCUT2D eigenvalue weighted by Gasteiger charge is -2.11. The average molecular weight is 250 g/mol. The van der Waals surface area contributed by atoms with Crippen molar-refractivity contribution in [2.45, 2.75) is 6.92 Å². The van der Waals surface area contributed by atoms with Crippen molar-refractivity contribution in [3.63, 3.8) is 0 Å². The van der Waals surface area contributed by atoms with Crippen LogP contribution in [-0.4, -0.2) is 51.2 Å². The highest BCUT2D eigenvalue weighted by atomic mass is 16.6. The first kappa shape index (κ1) is 12.1. The van der Waals surface area contributed by atoms with Gasteiger partial charge in [0, 0.05) is 20.6 Å². The fourth-order valence-electron chi connectivity index (χ4n) is 1.34. The van der Waals surface area contributed by atoms with E-state index >= 15 is 0 Å². The van der Waals surface area contributed by atoms with Gasteiger partial charge in [-0.05, 0) is 6.92 Å². The molecule has 0 radical (unpaired) electrons. The number of rotatable bonds is 3. The zero-order valence-corrected chi connectivity index (χ0v) is 10.4. The first-order valence-electron chi connectivity index (χ1n) is 5.45. The number of anilines is 1. The molecule has 0 aliphatic carbocycles. The van der Waals surface area contributed by atoms with Crippen molar-refractivity contribution in [2.75, 3.05) is 26.0 Å². The highest BCUT2D eigenvalue weighted by molar-refractivity contribution is 5.72. The Morgan fingerprint density at radius 3 is 3.00 bits per heavy atom. The second-order valence-corrected chi connectivity index (χ2v) is 3.76. The minimum Gasteiger partial charge on any atom is -0.404 e. The van der Waals surface area contributed by atoms with Gasteiger partial charge in [-0.3, -0.25) is 0 Å². The number of amides is 1. The van der Waals surface area contributed by atoms with Crippen LogP contribution in [0.3, 0.4) is 0 Å². The molecule has 0 aliphatic rings. The monoisotopic (exact) mass is 250 g/mol. The van der Waals surface area contributed by atoms with Gasteiger partial charge in [0.1, 0.15) is 6.33 Å². The first-order valence-corrected chi connectivity index (χ1v) is 5.45. The smallest absolute Gasteiger partial charge is 0.404 e. The zero-order chi connectivity index (χ0) is 13.1. The SMILES string of the molecule is CCNc1ncc(OC(=O)N(C)C)c2nncn12. The maximum absolute atomic E-state index is 11.5. The molecule has 8 heteroatoms. The van der Waals surface area contributed by atoms with Crippen molar-refractivity contribution < 1.29 is 9.53 Å². The molecule has 0 aliphatic heterocycles. The molecule has 0 saturated heterocycles.